The molecule has 0 unspecified atom stereocenters. The van der Waals surface area contributed by atoms with Crippen LogP contribution in [-0.4, -0.2) is 66.5 Å². The van der Waals surface area contributed by atoms with Gasteiger partial charge < -0.3 is 15.3 Å². The van der Waals surface area contributed by atoms with E-state index in [1.807, 2.05) is 6.92 Å². The van der Waals surface area contributed by atoms with Gasteiger partial charge in [0.2, 0.25) is 0 Å². The number of aliphatic hydroxyl groups excluding tert-OH is 3. The van der Waals surface area contributed by atoms with E-state index in [4.69, 9.17) is 29.8 Å². The zero-order valence-electron chi connectivity index (χ0n) is 9.67. The fourth-order valence-electron chi connectivity index (χ4n) is 1.12. The number of quaternary nitrogens is 1. The molecule has 0 saturated carbocycles. The van der Waals surface area contributed by atoms with Crippen LogP contribution < -0.4 is 0 Å². The van der Waals surface area contributed by atoms with Crippen molar-refractivity contribution in [3.05, 3.63) is 0 Å². The average Bonchev–Trinajstić information content (AvgIpc) is 2.31. The maximum atomic E-state index is 8.70. The summed E-state index contributed by atoms with van der Waals surface area (Å²) in [6.07, 6.45) is 0.724. The number of hydrogen-bond donors (Lipinski definition) is 3. The highest BCUT2D eigenvalue weighted by atomic mass is 17.2. The summed E-state index contributed by atoms with van der Waals surface area (Å²) < 4.78 is 0. The number of aliphatic hydroxyl groups is 3. The van der Waals surface area contributed by atoms with Crippen LogP contribution >= 0.6 is 0 Å². The highest BCUT2D eigenvalue weighted by Gasteiger charge is 2.33. The van der Waals surface area contributed by atoms with E-state index >= 15 is 0 Å². The Morgan fingerprint density at radius 3 is 1.44 bits per heavy atom. The maximum Gasteiger partial charge on any atom is 0.178 e. The Morgan fingerprint density at radius 1 is 0.812 bits per heavy atom. The standard InChI is InChI=1S/C9H22NO6/c1-2-3-10(14-7-4-11,15-8-5-12)16-9-6-13/h11-13H,2-9H2,1H3/q+1. The van der Waals surface area contributed by atoms with Crippen LogP contribution in [0.4, 0.5) is 0 Å². The van der Waals surface area contributed by atoms with Gasteiger partial charge in [0, 0.05) is 6.42 Å². The molecule has 0 aliphatic heterocycles. The van der Waals surface area contributed by atoms with Gasteiger partial charge in [-0.3, -0.25) is 0 Å². The number of hydroxylamine groups is 3. The van der Waals surface area contributed by atoms with Gasteiger partial charge in [0.25, 0.3) is 0 Å². The van der Waals surface area contributed by atoms with Crippen molar-refractivity contribution in [2.75, 3.05) is 46.2 Å². The molecule has 0 aliphatic carbocycles. The monoisotopic (exact) mass is 240 g/mol. The smallest absolute Gasteiger partial charge is 0.178 e. The molecule has 0 aliphatic rings. The van der Waals surface area contributed by atoms with Crippen molar-refractivity contribution in [1.29, 1.82) is 0 Å². The molecule has 0 rings (SSSR count). The van der Waals surface area contributed by atoms with Crippen LogP contribution in [0.15, 0.2) is 0 Å². The van der Waals surface area contributed by atoms with Crippen molar-refractivity contribution >= 4 is 0 Å². The molecule has 0 bridgehead atoms. The Kier molecular flexibility index (Phi) is 9.74. The van der Waals surface area contributed by atoms with E-state index in [-0.39, 0.29) is 39.6 Å². The third-order valence-corrected chi connectivity index (χ3v) is 1.64. The molecule has 0 heterocycles. The van der Waals surface area contributed by atoms with Crippen molar-refractivity contribution in [2.45, 2.75) is 13.3 Å². The highest BCUT2D eigenvalue weighted by Crippen LogP contribution is 2.12. The number of rotatable bonds is 11. The molecule has 0 atom stereocenters. The minimum atomic E-state index is -0.571. The Hall–Kier alpha value is -0.280. The first-order valence-corrected chi connectivity index (χ1v) is 5.39. The molecule has 0 saturated heterocycles. The van der Waals surface area contributed by atoms with Crippen molar-refractivity contribution < 1.29 is 34.8 Å². The number of hydrogen-bond acceptors (Lipinski definition) is 6. The minimum absolute atomic E-state index is 0.0524. The lowest BCUT2D eigenvalue weighted by Crippen LogP contribution is -2.49. The molecule has 7 nitrogen and oxygen atoms in total. The third-order valence-electron chi connectivity index (χ3n) is 1.64. The summed E-state index contributed by atoms with van der Waals surface area (Å²) in [7, 11) is 0. The van der Waals surface area contributed by atoms with Crippen LogP contribution in [0.2, 0.25) is 0 Å². The Morgan fingerprint density at radius 2 is 1.19 bits per heavy atom. The summed E-state index contributed by atoms with van der Waals surface area (Å²) in [6.45, 7) is 2.00. The molecule has 0 aromatic carbocycles. The zero-order chi connectivity index (χ0) is 12.3. The lowest BCUT2D eigenvalue weighted by Gasteiger charge is -2.28. The number of nitrogens with zero attached hydrogens (tertiary/aromatic N) is 1. The van der Waals surface area contributed by atoms with E-state index in [0.29, 0.717) is 6.54 Å². The molecule has 3 N–H and O–H groups in total. The highest BCUT2D eigenvalue weighted by molar-refractivity contribution is 4.21. The van der Waals surface area contributed by atoms with Gasteiger partial charge in [-0.25, -0.2) is 0 Å². The van der Waals surface area contributed by atoms with Gasteiger partial charge in [-0.15, -0.1) is 14.5 Å². The summed E-state index contributed by atoms with van der Waals surface area (Å²) >= 11 is 0. The van der Waals surface area contributed by atoms with Crippen molar-refractivity contribution in [3.63, 3.8) is 0 Å². The first kappa shape index (κ1) is 15.7. The van der Waals surface area contributed by atoms with Gasteiger partial charge >= 0.3 is 0 Å². The van der Waals surface area contributed by atoms with Crippen molar-refractivity contribution in [2.24, 2.45) is 0 Å². The molecule has 0 radical (unpaired) electrons. The molecule has 98 valence electrons. The Labute approximate surface area is 95.2 Å². The van der Waals surface area contributed by atoms with Crippen LogP contribution in [0.1, 0.15) is 13.3 Å². The second-order valence-electron chi connectivity index (χ2n) is 3.01. The van der Waals surface area contributed by atoms with E-state index in [2.05, 4.69) is 0 Å². The zero-order valence-corrected chi connectivity index (χ0v) is 9.67. The van der Waals surface area contributed by atoms with Gasteiger partial charge in [-0.1, -0.05) is 6.92 Å². The van der Waals surface area contributed by atoms with Crippen LogP contribution in [-0.2, 0) is 14.5 Å². The summed E-state index contributed by atoms with van der Waals surface area (Å²) in [5.41, 5.74) is 0. The predicted molar refractivity (Wildman–Crippen MR) is 54.5 cm³/mol. The minimum Gasteiger partial charge on any atom is -0.394 e. The quantitative estimate of drug-likeness (QED) is 0.317. The van der Waals surface area contributed by atoms with Crippen LogP contribution in [0.25, 0.3) is 0 Å². The topological polar surface area (TPSA) is 88.4 Å². The van der Waals surface area contributed by atoms with Crippen molar-refractivity contribution in [3.8, 4) is 0 Å². The second kappa shape index (κ2) is 9.91. The molecule has 0 aromatic heterocycles. The second-order valence-corrected chi connectivity index (χ2v) is 3.01. The van der Waals surface area contributed by atoms with E-state index < -0.39 is 4.97 Å². The lowest BCUT2D eigenvalue weighted by atomic mass is 10.5. The van der Waals surface area contributed by atoms with Crippen molar-refractivity contribution in [1.82, 2.24) is 0 Å². The molecular formula is C9H22NO6+. The summed E-state index contributed by atoms with van der Waals surface area (Å²) in [4.78, 5) is 15.2. The Bertz CT molecular complexity index is 135. The van der Waals surface area contributed by atoms with Crippen LogP contribution in [0.3, 0.4) is 0 Å². The first-order valence-electron chi connectivity index (χ1n) is 5.39. The molecule has 16 heavy (non-hydrogen) atoms. The summed E-state index contributed by atoms with van der Waals surface area (Å²) in [5, 5.41) is 26.1. The molecule has 0 spiro atoms. The van der Waals surface area contributed by atoms with Gasteiger partial charge in [0.05, 0.1) is 24.8 Å². The first-order chi connectivity index (χ1) is 7.74. The lowest BCUT2D eigenvalue weighted by molar-refractivity contribution is -1.37. The van der Waals surface area contributed by atoms with E-state index in [0.717, 1.165) is 6.42 Å². The largest absolute Gasteiger partial charge is 0.394 e. The summed E-state index contributed by atoms with van der Waals surface area (Å²) in [6, 6.07) is 0. The molecule has 0 fully saturated rings. The third kappa shape index (κ3) is 6.33. The van der Waals surface area contributed by atoms with Gasteiger partial charge in [-0.2, -0.15) is 0 Å². The van der Waals surface area contributed by atoms with Crippen LogP contribution in [0.5, 0.6) is 0 Å². The fourth-order valence-corrected chi connectivity index (χ4v) is 1.12. The van der Waals surface area contributed by atoms with E-state index in [9.17, 15) is 0 Å². The van der Waals surface area contributed by atoms with Gasteiger partial charge in [-0.05, 0) is 0 Å². The molecule has 7 heteroatoms. The van der Waals surface area contributed by atoms with E-state index in [1.165, 1.54) is 0 Å². The normalized spacial score (nSPS) is 12.0. The fraction of sp³-hybridized carbons (Fsp3) is 1.00. The maximum absolute atomic E-state index is 8.70. The SMILES string of the molecule is CCC[N+](OCCO)(OCCO)OCCO. The van der Waals surface area contributed by atoms with Gasteiger partial charge in [0.15, 0.2) is 6.54 Å². The molecule has 0 aromatic rings. The van der Waals surface area contributed by atoms with Gasteiger partial charge in [0.1, 0.15) is 19.8 Å². The molecule has 0 amide bonds. The summed E-state index contributed by atoms with van der Waals surface area (Å²) in [5.74, 6) is 0. The predicted octanol–water partition coefficient (Wildman–Crippen LogP) is -1.02. The average molecular weight is 240 g/mol. The Balaban J connectivity index is 4.32. The van der Waals surface area contributed by atoms with E-state index in [1.54, 1.807) is 0 Å². The van der Waals surface area contributed by atoms with Crippen LogP contribution in [0, 0.1) is 0 Å². The molecular weight excluding hydrogens is 218 g/mol.